The van der Waals surface area contributed by atoms with E-state index in [1.54, 1.807) is 12.1 Å². The Labute approximate surface area is 115 Å². The van der Waals surface area contributed by atoms with E-state index in [0.717, 1.165) is 0 Å². The highest BCUT2D eigenvalue weighted by Gasteiger charge is 2.15. The Kier molecular flexibility index (Phi) is 5.62. The van der Waals surface area contributed by atoms with E-state index in [-0.39, 0.29) is 24.3 Å². The van der Waals surface area contributed by atoms with Crippen LogP contribution >= 0.6 is 15.9 Å². The highest BCUT2D eigenvalue weighted by atomic mass is 79.9. The van der Waals surface area contributed by atoms with Crippen LogP contribution in [0.25, 0.3) is 0 Å². The van der Waals surface area contributed by atoms with Gasteiger partial charge in [-0.1, -0.05) is 13.8 Å². The molecule has 0 saturated carbocycles. The molecular weight excluding hydrogens is 298 g/mol. The standard InChI is InChI=1S/C13H18BrNO3/c1-8(2)5-10(7-16)15-13(18)9-3-4-11(14)12(17)6-9/h3-4,6,8,10,16-17H,5,7H2,1-2H3,(H,15,18). The number of aliphatic hydroxyl groups excluding tert-OH is 1. The molecule has 0 bridgehead atoms. The average molecular weight is 316 g/mol. The topological polar surface area (TPSA) is 69.6 Å². The summed E-state index contributed by atoms with van der Waals surface area (Å²) >= 11 is 3.15. The van der Waals surface area contributed by atoms with Crippen molar-refractivity contribution in [3.8, 4) is 5.75 Å². The molecule has 0 aliphatic rings. The second-order valence-electron chi connectivity index (χ2n) is 4.65. The fraction of sp³-hybridized carbons (Fsp3) is 0.462. The van der Waals surface area contributed by atoms with Gasteiger partial charge in [0.25, 0.3) is 5.91 Å². The van der Waals surface area contributed by atoms with E-state index in [9.17, 15) is 15.0 Å². The molecule has 0 aliphatic heterocycles. The number of phenols is 1. The number of hydrogen-bond acceptors (Lipinski definition) is 3. The van der Waals surface area contributed by atoms with Gasteiger partial charge in [0, 0.05) is 5.56 Å². The van der Waals surface area contributed by atoms with Gasteiger partial charge in [-0.3, -0.25) is 4.79 Å². The molecule has 1 amide bonds. The summed E-state index contributed by atoms with van der Waals surface area (Å²) in [5.41, 5.74) is 0.373. The van der Waals surface area contributed by atoms with E-state index < -0.39 is 0 Å². The van der Waals surface area contributed by atoms with Crippen LogP contribution in [-0.4, -0.2) is 28.8 Å². The Balaban J connectivity index is 2.71. The van der Waals surface area contributed by atoms with Gasteiger partial charge in [-0.25, -0.2) is 0 Å². The Hall–Kier alpha value is -1.07. The molecule has 100 valence electrons. The Morgan fingerprint density at radius 1 is 1.44 bits per heavy atom. The van der Waals surface area contributed by atoms with Crippen LogP contribution in [0, 0.1) is 5.92 Å². The fourth-order valence-electron chi connectivity index (χ4n) is 1.67. The summed E-state index contributed by atoms with van der Waals surface area (Å²) in [7, 11) is 0. The average Bonchev–Trinajstić information content (AvgIpc) is 2.31. The molecule has 0 fully saturated rings. The van der Waals surface area contributed by atoms with Crippen molar-refractivity contribution in [3.63, 3.8) is 0 Å². The maximum atomic E-state index is 11.9. The van der Waals surface area contributed by atoms with Gasteiger partial charge in [-0.15, -0.1) is 0 Å². The molecule has 0 radical (unpaired) electrons. The summed E-state index contributed by atoms with van der Waals surface area (Å²) in [6.45, 7) is 3.97. The lowest BCUT2D eigenvalue weighted by molar-refractivity contribution is 0.0908. The minimum atomic E-state index is -0.294. The van der Waals surface area contributed by atoms with Gasteiger partial charge in [0.05, 0.1) is 17.1 Å². The number of hydrogen-bond donors (Lipinski definition) is 3. The number of aliphatic hydroxyl groups is 1. The predicted molar refractivity (Wildman–Crippen MR) is 73.6 cm³/mol. The van der Waals surface area contributed by atoms with Crippen molar-refractivity contribution in [1.29, 1.82) is 0 Å². The molecule has 0 saturated heterocycles. The molecule has 18 heavy (non-hydrogen) atoms. The summed E-state index contributed by atoms with van der Waals surface area (Å²) < 4.78 is 0.542. The van der Waals surface area contributed by atoms with Crippen LogP contribution in [0.5, 0.6) is 5.75 Å². The third kappa shape index (κ3) is 4.31. The van der Waals surface area contributed by atoms with Gasteiger partial charge < -0.3 is 15.5 Å². The molecule has 1 rings (SSSR count). The van der Waals surface area contributed by atoms with Crippen molar-refractivity contribution >= 4 is 21.8 Å². The molecule has 3 N–H and O–H groups in total. The molecule has 1 aromatic carbocycles. The molecule has 1 aromatic rings. The lowest BCUT2D eigenvalue weighted by Crippen LogP contribution is -2.38. The van der Waals surface area contributed by atoms with Crippen molar-refractivity contribution in [3.05, 3.63) is 28.2 Å². The van der Waals surface area contributed by atoms with Crippen molar-refractivity contribution in [2.45, 2.75) is 26.3 Å². The Bertz CT molecular complexity index is 421. The summed E-state index contributed by atoms with van der Waals surface area (Å²) in [4.78, 5) is 11.9. The number of phenolic OH excluding ortho intramolecular Hbond substituents is 1. The Morgan fingerprint density at radius 3 is 2.61 bits per heavy atom. The quantitative estimate of drug-likeness (QED) is 0.781. The van der Waals surface area contributed by atoms with Crippen LogP contribution in [0.1, 0.15) is 30.6 Å². The summed E-state index contributed by atoms with van der Waals surface area (Å²) in [6.07, 6.45) is 0.713. The largest absolute Gasteiger partial charge is 0.507 e. The van der Waals surface area contributed by atoms with Gasteiger partial charge >= 0.3 is 0 Å². The molecule has 0 spiro atoms. The van der Waals surface area contributed by atoms with Crippen molar-refractivity contribution in [1.82, 2.24) is 5.32 Å². The van der Waals surface area contributed by atoms with Crippen molar-refractivity contribution < 1.29 is 15.0 Å². The minimum absolute atomic E-state index is 0.0204. The summed E-state index contributed by atoms with van der Waals surface area (Å²) in [6, 6.07) is 4.36. The van der Waals surface area contributed by atoms with Gasteiger partial charge in [0.1, 0.15) is 5.75 Å². The highest BCUT2D eigenvalue weighted by Crippen LogP contribution is 2.24. The van der Waals surface area contributed by atoms with E-state index in [2.05, 4.69) is 21.2 Å². The molecule has 4 nitrogen and oxygen atoms in total. The number of halogens is 1. The number of rotatable bonds is 5. The number of benzene rings is 1. The normalized spacial score (nSPS) is 12.5. The molecule has 0 aliphatic carbocycles. The maximum Gasteiger partial charge on any atom is 0.251 e. The van der Waals surface area contributed by atoms with Crippen LogP contribution in [0.2, 0.25) is 0 Å². The third-order valence-electron chi connectivity index (χ3n) is 2.52. The van der Waals surface area contributed by atoms with Gasteiger partial charge in [-0.05, 0) is 46.5 Å². The second kappa shape index (κ2) is 6.75. The monoisotopic (exact) mass is 315 g/mol. The first kappa shape index (κ1) is 15.0. The van der Waals surface area contributed by atoms with E-state index in [1.165, 1.54) is 6.07 Å². The first-order valence-electron chi connectivity index (χ1n) is 5.84. The van der Waals surface area contributed by atoms with Crippen LogP contribution in [-0.2, 0) is 0 Å². The highest BCUT2D eigenvalue weighted by molar-refractivity contribution is 9.10. The van der Waals surface area contributed by atoms with E-state index in [4.69, 9.17) is 0 Å². The minimum Gasteiger partial charge on any atom is -0.507 e. The summed E-state index contributed by atoms with van der Waals surface area (Å²) in [5.74, 6) is 0.116. The zero-order valence-electron chi connectivity index (χ0n) is 10.5. The van der Waals surface area contributed by atoms with Crippen LogP contribution in [0.3, 0.4) is 0 Å². The zero-order chi connectivity index (χ0) is 13.7. The van der Waals surface area contributed by atoms with Gasteiger partial charge in [-0.2, -0.15) is 0 Å². The lowest BCUT2D eigenvalue weighted by Gasteiger charge is -2.18. The number of aromatic hydroxyl groups is 1. The number of amides is 1. The Morgan fingerprint density at radius 2 is 2.11 bits per heavy atom. The van der Waals surface area contributed by atoms with Crippen LogP contribution in [0.4, 0.5) is 0 Å². The summed E-state index contributed by atoms with van der Waals surface area (Å²) in [5, 5.41) is 21.5. The molecule has 5 heteroatoms. The fourth-order valence-corrected chi connectivity index (χ4v) is 1.92. The number of carbonyl (C=O) groups is 1. The smallest absolute Gasteiger partial charge is 0.251 e. The first-order chi connectivity index (χ1) is 8.43. The van der Waals surface area contributed by atoms with E-state index in [0.29, 0.717) is 22.4 Å². The zero-order valence-corrected chi connectivity index (χ0v) is 12.1. The van der Waals surface area contributed by atoms with Gasteiger partial charge in [0.2, 0.25) is 0 Å². The number of carbonyl (C=O) groups excluding carboxylic acids is 1. The molecule has 1 unspecified atom stereocenters. The molecule has 1 atom stereocenters. The predicted octanol–water partition coefficient (Wildman–Crippen LogP) is 2.29. The van der Waals surface area contributed by atoms with Crippen LogP contribution in [0.15, 0.2) is 22.7 Å². The van der Waals surface area contributed by atoms with E-state index >= 15 is 0 Å². The second-order valence-corrected chi connectivity index (χ2v) is 5.50. The molecule has 0 heterocycles. The molecular formula is C13H18BrNO3. The van der Waals surface area contributed by atoms with E-state index in [1.807, 2.05) is 13.8 Å². The SMILES string of the molecule is CC(C)CC(CO)NC(=O)c1ccc(Br)c(O)c1. The third-order valence-corrected chi connectivity index (χ3v) is 3.19. The van der Waals surface area contributed by atoms with Crippen molar-refractivity contribution in [2.75, 3.05) is 6.61 Å². The maximum absolute atomic E-state index is 11.9. The van der Waals surface area contributed by atoms with Crippen molar-refractivity contribution in [2.24, 2.45) is 5.92 Å². The lowest BCUT2D eigenvalue weighted by atomic mass is 10.0. The molecule has 0 aromatic heterocycles. The first-order valence-corrected chi connectivity index (χ1v) is 6.63. The van der Waals surface area contributed by atoms with Crippen LogP contribution < -0.4 is 5.32 Å². The number of nitrogens with one attached hydrogen (secondary N) is 1. The van der Waals surface area contributed by atoms with Gasteiger partial charge in [0.15, 0.2) is 0 Å².